The fraction of sp³-hybridized carbons (Fsp3) is 0. The first-order valence-electron chi connectivity index (χ1n) is 4.67. The van der Waals surface area contributed by atoms with Crippen molar-refractivity contribution in [2.75, 3.05) is 0 Å². The molecule has 2 aromatic heterocycles. The second-order valence-corrected chi connectivity index (χ2v) is 3.02. The molecule has 0 bridgehead atoms. The lowest BCUT2D eigenvalue weighted by Crippen LogP contribution is -2.29. The van der Waals surface area contributed by atoms with E-state index in [-0.39, 0.29) is 5.69 Å². The molecule has 2 aromatic rings. The average molecular weight is 232 g/mol. The first-order valence-corrected chi connectivity index (χ1v) is 4.67. The van der Waals surface area contributed by atoms with E-state index in [1.807, 2.05) is 0 Å². The number of rotatable bonds is 3. The highest BCUT2D eigenvalue weighted by molar-refractivity contribution is 5.92. The van der Waals surface area contributed by atoms with E-state index in [1.54, 1.807) is 12.1 Å². The summed E-state index contributed by atoms with van der Waals surface area (Å²) in [5, 5.41) is 14.5. The van der Waals surface area contributed by atoms with Gasteiger partial charge < -0.3 is 9.62 Å². The maximum Gasteiger partial charge on any atom is 0.296 e. The number of carbonyl (C=O) groups is 1. The Bertz CT molecular complexity index is 536. The number of hydrazone groups is 1. The monoisotopic (exact) mass is 232 g/mol. The quantitative estimate of drug-likeness (QED) is 0.350. The summed E-state index contributed by atoms with van der Waals surface area (Å²) in [6, 6.07) is 3.38. The number of hydrogen-bond acceptors (Lipinski definition) is 5. The Morgan fingerprint density at radius 3 is 3.24 bits per heavy atom. The van der Waals surface area contributed by atoms with E-state index in [4.69, 9.17) is 4.42 Å². The molecule has 0 radical (unpaired) electrons. The Balaban J connectivity index is 1.98. The minimum atomic E-state index is -0.571. The maximum absolute atomic E-state index is 11.5. The molecule has 2 heterocycles. The molecule has 2 rings (SSSR count). The third-order valence-electron chi connectivity index (χ3n) is 1.81. The number of nitrogens with zero attached hydrogens (tertiary/aromatic N) is 3. The normalized spacial score (nSPS) is 10.6. The van der Waals surface area contributed by atoms with Gasteiger partial charge in [0.15, 0.2) is 11.9 Å². The fourth-order valence-electron chi connectivity index (χ4n) is 1.07. The van der Waals surface area contributed by atoms with Crippen LogP contribution >= 0.6 is 0 Å². The van der Waals surface area contributed by atoms with Crippen LogP contribution in [-0.2, 0) is 0 Å². The summed E-state index contributed by atoms with van der Waals surface area (Å²) in [5.74, 6) is -0.0665. The third kappa shape index (κ3) is 2.88. The van der Waals surface area contributed by atoms with Gasteiger partial charge in [0.25, 0.3) is 5.91 Å². The zero-order valence-electron chi connectivity index (χ0n) is 8.61. The summed E-state index contributed by atoms with van der Waals surface area (Å²) in [5.41, 5.74) is 2.21. The lowest BCUT2D eigenvalue weighted by molar-refractivity contribution is -0.606. The van der Waals surface area contributed by atoms with Gasteiger partial charge in [-0.25, -0.2) is 10.4 Å². The van der Waals surface area contributed by atoms with E-state index in [1.165, 1.54) is 24.9 Å². The van der Waals surface area contributed by atoms with Crippen LogP contribution in [0.3, 0.4) is 0 Å². The SMILES string of the molecule is O=C(N/N=C/c1ccco1)c1c[n+]([O-])ccn1. The Labute approximate surface area is 96.0 Å². The number of amides is 1. The second-order valence-electron chi connectivity index (χ2n) is 3.02. The van der Waals surface area contributed by atoms with Gasteiger partial charge in [0.05, 0.1) is 18.7 Å². The van der Waals surface area contributed by atoms with E-state index in [0.29, 0.717) is 10.5 Å². The van der Waals surface area contributed by atoms with Crippen LogP contribution in [0, 0.1) is 5.21 Å². The number of aromatic nitrogens is 2. The molecule has 0 aromatic carbocycles. The van der Waals surface area contributed by atoms with E-state index in [9.17, 15) is 10.0 Å². The predicted molar refractivity (Wildman–Crippen MR) is 57.0 cm³/mol. The zero-order chi connectivity index (χ0) is 12.1. The van der Waals surface area contributed by atoms with Crippen molar-refractivity contribution in [3.05, 3.63) is 53.6 Å². The van der Waals surface area contributed by atoms with Crippen LogP contribution in [0.1, 0.15) is 16.2 Å². The van der Waals surface area contributed by atoms with Crippen molar-refractivity contribution in [2.45, 2.75) is 0 Å². The third-order valence-corrected chi connectivity index (χ3v) is 1.81. The van der Waals surface area contributed by atoms with Crippen molar-refractivity contribution in [3.63, 3.8) is 0 Å². The highest BCUT2D eigenvalue weighted by atomic mass is 16.5. The van der Waals surface area contributed by atoms with Gasteiger partial charge in [-0.3, -0.25) is 4.79 Å². The Hall–Kier alpha value is -2.70. The molecule has 1 N–H and O–H groups in total. The van der Waals surface area contributed by atoms with Crippen molar-refractivity contribution >= 4 is 12.1 Å². The van der Waals surface area contributed by atoms with Gasteiger partial charge in [-0.15, -0.1) is 0 Å². The first-order chi connectivity index (χ1) is 8.25. The minimum Gasteiger partial charge on any atom is -0.619 e. The van der Waals surface area contributed by atoms with Gasteiger partial charge in [-0.2, -0.15) is 9.83 Å². The fourth-order valence-corrected chi connectivity index (χ4v) is 1.07. The van der Waals surface area contributed by atoms with Gasteiger partial charge in [0.2, 0.25) is 6.20 Å². The van der Waals surface area contributed by atoms with Crippen LogP contribution in [0.5, 0.6) is 0 Å². The van der Waals surface area contributed by atoms with Crippen LogP contribution in [0.2, 0.25) is 0 Å². The van der Waals surface area contributed by atoms with Crippen molar-refractivity contribution in [3.8, 4) is 0 Å². The standard InChI is InChI=1S/C10H8N4O3/c15-10(9-7-14(16)4-3-11-9)13-12-6-8-2-1-5-17-8/h1-7H,(H,13,15)/b12-6+. The molecule has 0 aliphatic rings. The largest absolute Gasteiger partial charge is 0.619 e. The van der Waals surface area contributed by atoms with Crippen molar-refractivity contribution in [2.24, 2.45) is 5.10 Å². The average Bonchev–Trinajstić information content (AvgIpc) is 2.82. The molecule has 0 unspecified atom stereocenters. The van der Waals surface area contributed by atoms with E-state index >= 15 is 0 Å². The first kappa shape index (κ1) is 10.8. The van der Waals surface area contributed by atoms with Crippen LogP contribution < -0.4 is 10.2 Å². The van der Waals surface area contributed by atoms with Gasteiger partial charge >= 0.3 is 0 Å². The zero-order valence-corrected chi connectivity index (χ0v) is 8.61. The molecular formula is C10H8N4O3. The van der Waals surface area contributed by atoms with Crippen LogP contribution in [0.4, 0.5) is 0 Å². The van der Waals surface area contributed by atoms with E-state index < -0.39 is 5.91 Å². The molecule has 0 aliphatic heterocycles. The number of nitrogens with one attached hydrogen (secondary N) is 1. The summed E-state index contributed by atoms with van der Waals surface area (Å²) in [7, 11) is 0. The maximum atomic E-state index is 11.5. The molecule has 0 aliphatic carbocycles. The van der Waals surface area contributed by atoms with Crippen molar-refractivity contribution in [1.82, 2.24) is 10.4 Å². The number of furan rings is 1. The number of carbonyl (C=O) groups excluding carboxylic acids is 1. The predicted octanol–water partition coefficient (Wildman–Crippen LogP) is 0.0719. The molecule has 86 valence electrons. The molecule has 0 fully saturated rings. The summed E-state index contributed by atoms with van der Waals surface area (Å²) in [6.45, 7) is 0. The van der Waals surface area contributed by atoms with Gasteiger partial charge in [0.1, 0.15) is 5.76 Å². The molecule has 0 spiro atoms. The lowest BCUT2D eigenvalue weighted by atomic mass is 10.4. The summed E-state index contributed by atoms with van der Waals surface area (Å²) in [6.07, 6.45) is 6.30. The summed E-state index contributed by atoms with van der Waals surface area (Å²) >= 11 is 0. The summed E-state index contributed by atoms with van der Waals surface area (Å²) < 4.78 is 5.45. The molecule has 17 heavy (non-hydrogen) atoms. The Morgan fingerprint density at radius 2 is 2.53 bits per heavy atom. The molecule has 1 amide bonds. The van der Waals surface area contributed by atoms with Gasteiger partial charge in [-0.1, -0.05) is 0 Å². The molecule has 0 saturated carbocycles. The highest BCUT2D eigenvalue weighted by Crippen LogP contribution is 1.94. The Kier molecular flexibility index (Phi) is 3.10. The Morgan fingerprint density at radius 1 is 1.65 bits per heavy atom. The van der Waals surface area contributed by atoms with Crippen LogP contribution in [0.15, 0.2) is 46.5 Å². The number of hydrogen-bond donors (Lipinski definition) is 1. The van der Waals surface area contributed by atoms with Crippen LogP contribution in [0.25, 0.3) is 0 Å². The topological polar surface area (TPSA) is 94.4 Å². The molecule has 7 nitrogen and oxygen atoms in total. The lowest BCUT2D eigenvalue weighted by Gasteiger charge is -1.98. The van der Waals surface area contributed by atoms with E-state index in [2.05, 4.69) is 15.5 Å². The van der Waals surface area contributed by atoms with Crippen molar-refractivity contribution < 1.29 is 13.9 Å². The summed E-state index contributed by atoms with van der Waals surface area (Å²) in [4.78, 5) is 15.2. The van der Waals surface area contributed by atoms with Crippen molar-refractivity contribution in [1.29, 1.82) is 0 Å². The van der Waals surface area contributed by atoms with Gasteiger partial charge in [-0.05, 0) is 12.1 Å². The second kappa shape index (κ2) is 4.88. The highest BCUT2D eigenvalue weighted by Gasteiger charge is 2.08. The van der Waals surface area contributed by atoms with Gasteiger partial charge in [0, 0.05) is 0 Å². The molecule has 0 atom stereocenters. The smallest absolute Gasteiger partial charge is 0.296 e. The van der Waals surface area contributed by atoms with Crippen LogP contribution in [-0.4, -0.2) is 17.1 Å². The molecule has 0 saturated heterocycles. The molecule has 7 heteroatoms. The van der Waals surface area contributed by atoms with E-state index in [0.717, 1.165) is 6.20 Å². The minimum absolute atomic E-state index is 0.0147. The molecular weight excluding hydrogens is 224 g/mol.